The van der Waals surface area contributed by atoms with Crippen LogP contribution < -0.4 is 0 Å². The second kappa shape index (κ2) is 39.5. The molecule has 27 heteroatoms. The van der Waals surface area contributed by atoms with Crippen molar-refractivity contribution >= 4 is 67.9 Å². The Bertz CT molecular complexity index is 5590. The van der Waals surface area contributed by atoms with Crippen molar-refractivity contribution in [2.24, 2.45) is 29.6 Å². The van der Waals surface area contributed by atoms with Crippen LogP contribution in [0.1, 0.15) is 93.6 Å². The van der Waals surface area contributed by atoms with E-state index in [4.69, 9.17) is 24.7 Å². The summed E-state index contributed by atoms with van der Waals surface area (Å²) in [6, 6.07) is 45.4. The van der Waals surface area contributed by atoms with Crippen LogP contribution in [-0.4, -0.2) is 182 Å². The molecule has 0 spiro atoms. The van der Waals surface area contributed by atoms with Crippen molar-refractivity contribution < 1.29 is 28.3 Å². The second-order valence-corrected chi connectivity index (χ2v) is 30.4. The zero-order chi connectivity index (χ0) is 81.6. The number of aromatic nitrogens is 17. The first kappa shape index (κ1) is 82.3. The molecule has 4 atom stereocenters. The summed E-state index contributed by atoms with van der Waals surface area (Å²) in [7, 11) is 7.29. The summed E-state index contributed by atoms with van der Waals surface area (Å²) in [5.41, 5.74) is 17.8. The van der Waals surface area contributed by atoms with Gasteiger partial charge in [0.05, 0.1) is 91.7 Å². The fourth-order valence-electron chi connectivity index (χ4n) is 13.7. The minimum atomic E-state index is -0.340. The van der Waals surface area contributed by atoms with Crippen molar-refractivity contribution in [3.05, 3.63) is 249 Å². The number of halogens is 1. The Morgan fingerprint density at radius 1 is 0.405 bits per heavy atom. The maximum atomic E-state index is 13.1. The van der Waals surface area contributed by atoms with Crippen LogP contribution in [0.5, 0.6) is 0 Å². The molecule has 26 nitrogen and oxygen atoms in total. The third kappa shape index (κ3) is 22.0. The van der Waals surface area contributed by atoms with Gasteiger partial charge in [-0.25, -0.2) is 29.1 Å². The Morgan fingerprint density at radius 2 is 0.759 bits per heavy atom. The molecular weight excluding hydrogens is 1460 g/mol. The zero-order valence-electron chi connectivity index (χ0n) is 67.5. The minimum absolute atomic E-state index is 0.0415. The molecule has 15 rings (SSSR count). The van der Waals surface area contributed by atoms with Gasteiger partial charge in [0, 0.05) is 170 Å². The van der Waals surface area contributed by atoms with Gasteiger partial charge in [-0.1, -0.05) is 77.9 Å². The quantitative estimate of drug-likeness (QED) is 0.0339. The predicted octanol–water partition coefficient (Wildman–Crippen LogP) is 16.3. The molecule has 0 aliphatic carbocycles. The minimum Gasteiger partial charge on any atom is -0.445 e. The van der Waals surface area contributed by atoms with Crippen LogP contribution in [0.25, 0.3) is 89.2 Å². The molecular formula is C89H102FN21O5. The smallest absolute Gasteiger partial charge is 0.409 e. The van der Waals surface area contributed by atoms with E-state index in [9.17, 15) is 23.6 Å². The Hall–Kier alpha value is -13.2. The molecule has 4 unspecified atom stereocenters. The number of hydrogen-bond acceptors (Lipinski definition) is 14. The van der Waals surface area contributed by atoms with Crippen molar-refractivity contribution in [2.45, 2.75) is 100 Å². The highest BCUT2D eigenvalue weighted by Crippen LogP contribution is 2.28. The number of nitrogens with zero attached hydrogens (tertiary/aromatic N) is 17. The molecule has 0 saturated carbocycles. The SMILES string of the molecule is CC(CCN(C)C(=O)C(C)C)Cn1ccc2nc(-c3cn[nH]c3)ccc21.CC(CCN(C)C(=O)OCc1ccccc1)Cn1ccc2nc(-c3cn[nH]c3)ccc21.CC(CCN(C)C(=O)c1ccc(F)cc1)Cn1ccc2nc(-c3cn[nH]c3)ccc21.CC(CCN(C)C(=O)c1ccccn1)Cn1ccc2nc(-c3cn[nH]c3)ccc21. The molecule has 116 heavy (non-hydrogen) atoms. The summed E-state index contributed by atoms with van der Waals surface area (Å²) in [6.45, 7) is 19.3. The third-order valence-corrected chi connectivity index (χ3v) is 20.6. The lowest BCUT2D eigenvalue weighted by Gasteiger charge is -2.22. The number of carbonyl (C=O) groups excluding carboxylic acids is 4. The van der Waals surface area contributed by atoms with Crippen molar-refractivity contribution in [1.29, 1.82) is 0 Å². The molecule has 0 fully saturated rings. The number of pyridine rings is 5. The van der Waals surface area contributed by atoms with E-state index in [2.05, 4.69) is 147 Å². The lowest BCUT2D eigenvalue weighted by molar-refractivity contribution is -0.133. The highest BCUT2D eigenvalue weighted by molar-refractivity contribution is 5.94. The Labute approximate surface area is 674 Å². The van der Waals surface area contributed by atoms with E-state index in [1.54, 1.807) is 65.8 Å². The van der Waals surface area contributed by atoms with E-state index < -0.39 is 0 Å². The van der Waals surface area contributed by atoms with Gasteiger partial charge in [0.2, 0.25) is 5.91 Å². The van der Waals surface area contributed by atoms with Crippen LogP contribution in [0.4, 0.5) is 9.18 Å². The topological polar surface area (TPSA) is 289 Å². The van der Waals surface area contributed by atoms with E-state index in [1.807, 2.05) is 143 Å². The van der Waals surface area contributed by atoms with Gasteiger partial charge in [0.15, 0.2) is 0 Å². The van der Waals surface area contributed by atoms with E-state index in [0.29, 0.717) is 61.2 Å². The molecule has 0 aliphatic rings. The van der Waals surface area contributed by atoms with Crippen molar-refractivity contribution in [3.63, 3.8) is 0 Å². The molecule has 4 N–H and O–H groups in total. The van der Waals surface area contributed by atoms with E-state index >= 15 is 0 Å². The van der Waals surface area contributed by atoms with Gasteiger partial charge in [-0.15, -0.1) is 0 Å². The number of amides is 4. The number of rotatable bonds is 29. The molecule has 0 radical (unpaired) electrons. The monoisotopic (exact) mass is 1560 g/mol. The highest BCUT2D eigenvalue weighted by atomic mass is 19.1. The number of aromatic amines is 4. The molecule has 600 valence electrons. The van der Waals surface area contributed by atoms with Gasteiger partial charge < -0.3 is 42.6 Å². The second-order valence-electron chi connectivity index (χ2n) is 30.4. The normalized spacial score (nSPS) is 12.3. The summed E-state index contributed by atoms with van der Waals surface area (Å²) >= 11 is 0. The number of hydrogen-bond donors (Lipinski definition) is 4. The molecule has 0 bridgehead atoms. The number of carbonyl (C=O) groups is 4. The average Bonchev–Trinajstić information content (AvgIpc) is 1.68. The fourth-order valence-corrected chi connectivity index (χ4v) is 13.7. The summed E-state index contributed by atoms with van der Waals surface area (Å²) in [5, 5.41) is 27.2. The van der Waals surface area contributed by atoms with Crippen LogP contribution in [0.3, 0.4) is 0 Å². The average molecular weight is 1560 g/mol. The molecule has 0 saturated heterocycles. The van der Waals surface area contributed by atoms with Crippen molar-refractivity contribution in [1.82, 2.24) is 104 Å². The first-order valence-corrected chi connectivity index (χ1v) is 39.3. The van der Waals surface area contributed by atoms with Gasteiger partial charge in [-0.2, -0.15) is 20.4 Å². The van der Waals surface area contributed by atoms with Gasteiger partial charge in [-0.3, -0.25) is 39.8 Å². The molecule has 13 aromatic heterocycles. The lowest BCUT2D eigenvalue weighted by Crippen LogP contribution is -2.32. The fraction of sp³-hybridized carbons (Fsp3) is 0.315. The van der Waals surface area contributed by atoms with E-state index in [-0.39, 0.29) is 35.5 Å². The van der Waals surface area contributed by atoms with Crippen LogP contribution in [-0.2, 0) is 42.3 Å². The van der Waals surface area contributed by atoms with Gasteiger partial charge in [0.1, 0.15) is 18.1 Å². The summed E-state index contributed by atoms with van der Waals surface area (Å²) < 4.78 is 27.3. The molecule has 2 aromatic carbocycles. The standard InChI is InChI=1S/C24H27N5O2.C23H24FN5O.C22H24N6O.C20H27N5O/c1-18(10-12-28(2)24(30)31-17-19-6-4-3-5-7-19)16-29-13-11-22-23(29)9-8-21(27-22)20-14-25-26-15-20;1-16(9-11-28(2)23(30)17-3-5-19(24)6-4-17)15-29-12-10-21-22(29)8-7-20(27-21)18-13-25-26-14-18;1-16(8-11-27(2)22(29)20-5-3-4-10-23-20)15-28-12-9-19-21(28)7-6-18(26-19)17-13-24-25-14-17;1-14(2)20(26)24(4)9-7-15(3)13-25-10-8-18-19(25)6-5-17(23-18)16-11-21-22-12-16/h3-9,11,13-15,18H,10,12,16-17H2,1-2H3,(H,25,26);3-8,10,12-14,16H,9,11,15H2,1-2H3,(H,25,26);3-7,9-10,12-14,16H,8,11,15H2,1-2H3,(H,24,25);5-6,8,10-12,14-15H,7,9,13H2,1-4H3,(H,21,22). The first-order chi connectivity index (χ1) is 56.2. The van der Waals surface area contributed by atoms with Crippen molar-refractivity contribution in [3.8, 4) is 45.0 Å². The van der Waals surface area contributed by atoms with Gasteiger partial charge >= 0.3 is 6.09 Å². The largest absolute Gasteiger partial charge is 0.445 e. The van der Waals surface area contributed by atoms with Gasteiger partial charge in [0.25, 0.3) is 11.8 Å². The van der Waals surface area contributed by atoms with Gasteiger partial charge in [-0.05, 0) is 164 Å². The number of fused-ring (bicyclic) bond motifs is 4. The summed E-state index contributed by atoms with van der Waals surface area (Å²) in [4.78, 5) is 79.1. The van der Waals surface area contributed by atoms with Crippen molar-refractivity contribution in [2.75, 3.05) is 54.4 Å². The third-order valence-electron chi connectivity index (χ3n) is 20.6. The highest BCUT2D eigenvalue weighted by Gasteiger charge is 2.21. The van der Waals surface area contributed by atoms with Crippen LogP contribution in [0.2, 0.25) is 0 Å². The zero-order valence-corrected chi connectivity index (χ0v) is 67.5. The number of nitrogens with one attached hydrogen (secondary N) is 4. The molecule has 13 heterocycles. The maximum absolute atomic E-state index is 13.1. The Morgan fingerprint density at radius 3 is 1.10 bits per heavy atom. The Balaban J connectivity index is 0.000000143. The Kier molecular flexibility index (Phi) is 28.0. The maximum Gasteiger partial charge on any atom is 0.409 e. The predicted molar refractivity (Wildman–Crippen MR) is 451 cm³/mol. The van der Waals surface area contributed by atoms with Crippen LogP contribution >= 0.6 is 0 Å². The first-order valence-electron chi connectivity index (χ1n) is 39.3. The van der Waals surface area contributed by atoms with Crippen LogP contribution in [0.15, 0.2) is 226 Å². The summed E-state index contributed by atoms with van der Waals surface area (Å²) in [6.07, 6.45) is 27.8. The number of benzene rings is 2. The lowest BCUT2D eigenvalue weighted by atomic mass is 10.1. The summed E-state index contributed by atoms with van der Waals surface area (Å²) in [5.74, 6) is 1.45. The number of ether oxygens (including phenoxy) is 1. The molecule has 4 amide bonds. The van der Waals surface area contributed by atoms with Crippen LogP contribution in [0, 0.1) is 35.4 Å². The molecule has 15 aromatic rings. The number of H-pyrrole nitrogens is 4. The van der Waals surface area contributed by atoms with E-state index in [1.165, 1.54) is 24.3 Å². The van der Waals surface area contributed by atoms with E-state index in [0.717, 1.165) is 153 Å². The molecule has 0 aliphatic heterocycles.